The summed E-state index contributed by atoms with van der Waals surface area (Å²) in [7, 11) is 0. The summed E-state index contributed by atoms with van der Waals surface area (Å²) < 4.78 is 6.53. The summed E-state index contributed by atoms with van der Waals surface area (Å²) in [5.74, 6) is 0.746. The summed E-state index contributed by atoms with van der Waals surface area (Å²) in [6.45, 7) is 2.26. The first-order chi connectivity index (χ1) is 8.65. The van der Waals surface area contributed by atoms with E-state index in [4.69, 9.17) is 4.74 Å². The van der Waals surface area contributed by atoms with Gasteiger partial charge in [0, 0.05) is 4.47 Å². The van der Waals surface area contributed by atoms with E-state index in [0.717, 1.165) is 21.3 Å². The van der Waals surface area contributed by atoms with Crippen LogP contribution < -0.4 is 4.74 Å². The molecule has 94 valence electrons. The fraction of sp³-hybridized carbons (Fsp3) is 0.200. The summed E-state index contributed by atoms with van der Waals surface area (Å²) in [5, 5.41) is 10.0. The van der Waals surface area contributed by atoms with Crippen LogP contribution in [0, 0.1) is 6.92 Å². The number of hydrogen-bond acceptors (Lipinski definition) is 2. The molecule has 3 heteroatoms. The van der Waals surface area contributed by atoms with Crippen LogP contribution in [0.3, 0.4) is 0 Å². The van der Waals surface area contributed by atoms with Gasteiger partial charge in [-0.1, -0.05) is 51.8 Å². The normalized spacial score (nSPS) is 12.2. The highest BCUT2D eigenvalue weighted by Gasteiger charge is 2.08. The van der Waals surface area contributed by atoms with Crippen LogP contribution in [0.4, 0.5) is 0 Å². The Morgan fingerprint density at radius 3 is 2.67 bits per heavy atom. The maximum absolute atomic E-state index is 10.0. The molecule has 1 atom stereocenters. The lowest BCUT2D eigenvalue weighted by molar-refractivity contribution is 0.108. The zero-order chi connectivity index (χ0) is 13.0. The number of benzene rings is 2. The molecule has 0 bridgehead atoms. The molecule has 0 aliphatic carbocycles. The lowest BCUT2D eigenvalue weighted by Crippen LogP contribution is -2.09. The first-order valence-electron chi connectivity index (χ1n) is 5.78. The predicted octanol–water partition coefficient (Wildman–Crippen LogP) is 3.87. The lowest BCUT2D eigenvalue weighted by Gasteiger charge is -2.13. The number of aliphatic hydroxyl groups excluding tert-OH is 1. The van der Waals surface area contributed by atoms with E-state index in [9.17, 15) is 5.11 Å². The van der Waals surface area contributed by atoms with Gasteiger partial charge in [-0.15, -0.1) is 0 Å². The lowest BCUT2D eigenvalue weighted by atomic mass is 10.1. The molecule has 2 rings (SSSR count). The third kappa shape index (κ3) is 3.59. The highest BCUT2D eigenvalue weighted by molar-refractivity contribution is 9.10. The number of aryl methyl sites for hydroxylation is 1. The molecule has 2 aromatic rings. The molecule has 2 aromatic carbocycles. The first kappa shape index (κ1) is 13.1. The van der Waals surface area contributed by atoms with Gasteiger partial charge in [0.1, 0.15) is 18.5 Å². The van der Waals surface area contributed by atoms with Crippen LogP contribution in [0.2, 0.25) is 0 Å². The van der Waals surface area contributed by atoms with Crippen LogP contribution in [0.25, 0.3) is 0 Å². The van der Waals surface area contributed by atoms with E-state index in [1.165, 1.54) is 0 Å². The zero-order valence-electron chi connectivity index (χ0n) is 10.1. The van der Waals surface area contributed by atoms with Crippen molar-refractivity contribution in [1.29, 1.82) is 0 Å². The predicted molar refractivity (Wildman–Crippen MR) is 75.8 cm³/mol. The topological polar surface area (TPSA) is 29.5 Å². The molecule has 0 amide bonds. The minimum Gasteiger partial charge on any atom is -0.490 e. The van der Waals surface area contributed by atoms with E-state index in [2.05, 4.69) is 15.9 Å². The van der Waals surface area contributed by atoms with Gasteiger partial charge in [-0.05, 0) is 30.7 Å². The van der Waals surface area contributed by atoms with Gasteiger partial charge in [0.25, 0.3) is 0 Å². The van der Waals surface area contributed by atoms with Crippen molar-refractivity contribution in [1.82, 2.24) is 0 Å². The minimum atomic E-state index is -0.608. The van der Waals surface area contributed by atoms with Crippen molar-refractivity contribution in [2.75, 3.05) is 6.61 Å². The summed E-state index contributed by atoms with van der Waals surface area (Å²) in [6.07, 6.45) is -0.608. The molecule has 0 radical (unpaired) electrons. The van der Waals surface area contributed by atoms with Crippen LogP contribution in [0.1, 0.15) is 17.2 Å². The molecule has 0 spiro atoms. The average Bonchev–Trinajstić information content (AvgIpc) is 2.36. The molecule has 0 fully saturated rings. The summed E-state index contributed by atoms with van der Waals surface area (Å²) in [4.78, 5) is 0. The second-order valence-electron chi connectivity index (χ2n) is 4.20. The minimum absolute atomic E-state index is 0.250. The Morgan fingerprint density at radius 2 is 1.94 bits per heavy atom. The number of ether oxygens (including phenoxy) is 1. The van der Waals surface area contributed by atoms with E-state index >= 15 is 0 Å². The van der Waals surface area contributed by atoms with Crippen LogP contribution >= 0.6 is 15.9 Å². The van der Waals surface area contributed by atoms with Gasteiger partial charge in [0.2, 0.25) is 0 Å². The fourth-order valence-electron chi connectivity index (χ4n) is 1.71. The molecule has 0 aromatic heterocycles. The van der Waals surface area contributed by atoms with Crippen molar-refractivity contribution in [3.63, 3.8) is 0 Å². The third-order valence-corrected chi connectivity index (χ3v) is 3.12. The van der Waals surface area contributed by atoms with Crippen LogP contribution in [0.15, 0.2) is 53.0 Å². The standard InChI is InChI=1S/C15H15BrO2/c1-11-4-2-5-12(8-11)15(17)10-18-14-7-3-6-13(16)9-14/h2-9,15,17H,10H2,1H3. The fourth-order valence-corrected chi connectivity index (χ4v) is 2.08. The van der Waals surface area contributed by atoms with Gasteiger partial charge in [-0.25, -0.2) is 0 Å². The number of hydrogen-bond donors (Lipinski definition) is 1. The van der Waals surface area contributed by atoms with Gasteiger partial charge in [0.15, 0.2) is 0 Å². The molecule has 1 unspecified atom stereocenters. The van der Waals surface area contributed by atoms with Crippen molar-refractivity contribution in [2.45, 2.75) is 13.0 Å². The summed E-state index contributed by atoms with van der Waals surface area (Å²) in [5.41, 5.74) is 2.01. The SMILES string of the molecule is Cc1cccc(C(O)COc2cccc(Br)c2)c1. The van der Waals surface area contributed by atoms with E-state index in [1.54, 1.807) is 0 Å². The van der Waals surface area contributed by atoms with E-state index < -0.39 is 6.10 Å². The van der Waals surface area contributed by atoms with Crippen molar-refractivity contribution in [2.24, 2.45) is 0 Å². The summed E-state index contributed by atoms with van der Waals surface area (Å²) in [6, 6.07) is 15.4. The Bertz CT molecular complexity index is 525. The maximum atomic E-state index is 10.0. The van der Waals surface area contributed by atoms with Crippen LogP contribution in [0.5, 0.6) is 5.75 Å². The van der Waals surface area contributed by atoms with E-state index in [0.29, 0.717) is 0 Å². The van der Waals surface area contributed by atoms with Gasteiger partial charge in [-0.3, -0.25) is 0 Å². The highest BCUT2D eigenvalue weighted by atomic mass is 79.9. The smallest absolute Gasteiger partial charge is 0.120 e. The van der Waals surface area contributed by atoms with Crippen molar-refractivity contribution >= 4 is 15.9 Å². The third-order valence-electron chi connectivity index (χ3n) is 2.63. The summed E-state index contributed by atoms with van der Waals surface area (Å²) >= 11 is 3.38. The Morgan fingerprint density at radius 1 is 1.17 bits per heavy atom. The van der Waals surface area contributed by atoms with Gasteiger partial charge in [0.05, 0.1) is 0 Å². The quantitative estimate of drug-likeness (QED) is 0.929. The largest absolute Gasteiger partial charge is 0.490 e. The molecular weight excluding hydrogens is 292 g/mol. The molecule has 0 aliphatic heterocycles. The first-order valence-corrected chi connectivity index (χ1v) is 6.57. The molecule has 18 heavy (non-hydrogen) atoms. The van der Waals surface area contributed by atoms with Gasteiger partial charge >= 0.3 is 0 Å². The van der Waals surface area contributed by atoms with E-state index in [1.807, 2.05) is 55.5 Å². The Balaban J connectivity index is 1.98. The molecular formula is C15H15BrO2. The van der Waals surface area contributed by atoms with Crippen LogP contribution in [-0.2, 0) is 0 Å². The number of rotatable bonds is 4. The Kier molecular flexibility index (Phi) is 4.39. The second kappa shape index (κ2) is 6.03. The zero-order valence-corrected chi connectivity index (χ0v) is 11.7. The second-order valence-corrected chi connectivity index (χ2v) is 5.11. The van der Waals surface area contributed by atoms with E-state index in [-0.39, 0.29) is 6.61 Å². The highest BCUT2D eigenvalue weighted by Crippen LogP contribution is 2.20. The van der Waals surface area contributed by atoms with Crippen molar-refractivity contribution < 1.29 is 9.84 Å². The van der Waals surface area contributed by atoms with Crippen LogP contribution in [-0.4, -0.2) is 11.7 Å². The molecule has 0 saturated carbocycles. The molecule has 2 nitrogen and oxygen atoms in total. The number of halogens is 1. The monoisotopic (exact) mass is 306 g/mol. The molecule has 1 N–H and O–H groups in total. The maximum Gasteiger partial charge on any atom is 0.120 e. The number of aliphatic hydroxyl groups is 1. The van der Waals surface area contributed by atoms with Gasteiger partial charge in [-0.2, -0.15) is 0 Å². The Labute approximate surface area is 115 Å². The molecule has 0 aliphatic rings. The Hall–Kier alpha value is -1.32. The molecule has 0 saturated heterocycles. The van der Waals surface area contributed by atoms with Crippen molar-refractivity contribution in [3.05, 3.63) is 64.1 Å². The van der Waals surface area contributed by atoms with Crippen molar-refractivity contribution in [3.8, 4) is 5.75 Å². The average molecular weight is 307 g/mol. The van der Waals surface area contributed by atoms with Gasteiger partial charge < -0.3 is 9.84 Å². The molecule has 0 heterocycles.